The number of Topliss-reactive ketones (excluding diaryl/α,β-unsaturated/α-hetero) is 1. The first-order valence-corrected chi connectivity index (χ1v) is 12.7. The molecule has 5 nitrogen and oxygen atoms in total. The molecule has 3 aromatic carbocycles. The van der Waals surface area contributed by atoms with Gasteiger partial charge in [-0.15, -0.1) is 0 Å². The fraction of sp³-hybridized carbons (Fsp3) is 0.0769. The SMILES string of the molecule is O=C(CCNS(=O)(=O)c1ccc(Cl)cc1)c1cccc(/C=C/c2ccc3ccc(Cl)cc3n2)c1. The van der Waals surface area contributed by atoms with Crippen molar-refractivity contribution >= 4 is 62.1 Å². The first kappa shape index (κ1) is 24.1. The molecule has 1 N–H and O–H groups in total. The van der Waals surface area contributed by atoms with Crippen molar-refractivity contribution in [3.63, 3.8) is 0 Å². The maximum atomic E-state index is 12.6. The summed E-state index contributed by atoms with van der Waals surface area (Å²) in [5.41, 5.74) is 2.91. The van der Waals surface area contributed by atoms with Crippen molar-refractivity contribution in [1.29, 1.82) is 0 Å². The van der Waals surface area contributed by atoms with Gasteiger partial charge in [-0.25, -0.2) is 18.1 Å². The summed E-state index contributed by atoms with van der Waals surface area (Å²) < 4.78 is 27.1. The van der Waals surface area contributed by atoms with E-state index in [1.54, 1.807) is 18.2 Å². The smallest absolute Gasteiger partial charge is 0.240 e. The average Bonchev–Trinajstić information content (AvgIpc) is 2.82. The van der Waals surface area contributed by atoms with Gasteiger partial charge in [0.25, 0.3) is 0 Å². The lowest BCUT2D eigenvalue weighted by atomic mass is 10.0. The molecule has 1 aromatic heterocycles. The lowest BCUT2D eigenvalue weighted by Gasteiger charge is -2.07. The van der Waals surface area contributed by atoms with Gasteiger partial charge in [-0.1, -0.05) is 59.6 Å². The zero-order chi connectivity index (χ0) is 24.1. The van der Waals surface area contributed by atoms with Crippen LogP contribution >= 0.6 is 23.2 Å². The van der Waals surface area contributed by atoms with E-state index >= 15 is 0 Å². The third-order valence-corrected chi connectivity index (χ3v) is 7.06. The summed E-state index contributed by atoms with van der Waals surface area (Å²) in [6.07, 6.45) is 3.77. The highest BCUT2D eigenvalue weighted by atomic mass is 35.5. The van der Waals surface area contributed by atoms with E-state index in [-0.39, 0.29) is 23.6 Å². The molecule has 0 saturated carbocycles. The Bertz CT molecular complexity index is 1480. The van der Waals surface area contributed by atoms with Crippen LogP contribution in [-0.2, 0) is 10.0 Å². The Kier molecular flexibility index (Phi) is 7.44. The van der Waals surface area contributed by atoms with Gasteiger partial charge in [-0.3, -0.25) is 4.79 Å². The second kappa shape index (κ2) is 10.5. The van der Waals surface area contributed by atoms with Crippen LogP contribution in [0.1, 0.15) is 28.0 Å². The maximum absolute atomic E-state index is 12.6. The Morgan fingerprint density at radius 3 is 2.41 bits per heavy atom. The number of rotatable bonds is 8. The van der Waals surface area contributed by atoms with Crippen LogP contribution in [0.15, 0.2) is 83.8 Å². The van der Waals surface area contributed by atoms with Gasteiger partial charge < -0.3 is 0 Å². The number of hydrogen-bond donors (Lipinski definition) is 1. The number of nitrogens with zero attached hydrogens (tertiary/aromatic N) is 1. The van der Waals surface area contributed by atoms with Crippen LogP contribution in [0.5, 0.6) is 0 Å². The van der Waals surface area contributed by atoms with E-state index in [2.05, 4.69) is 9.71 Å². The lowest BCUT2D eigenvalue weighted by Crippen LogP contribution is -2.26. The number of fused-ring (bicyclic) bond motifs is 1. The van der Waals surface area contributed by atoms with Crippen LogP contribution in [0.25, 0.3) is 23.1 Å². The molecule has 0 spiro atoms. The molecule has 1 heterocycles. The topological polar surface area (TPSA) is 76.1 Å². The normalized spacial score (nSPS) is 11.8. The van der Waals surface area contributed by atoms with Crippen molar-refractivity contribution < 1.29 is 13.2 Å². The first-order chi connectivity index (χ1) is 16.3. The molecule has 8 heteroatoms. The molecular formula is C26H20Cl2N2O3S. The Hall–Kier alpha value is -3.03. The minimum absolute atomic E-state index is 0.00652. The van der Waals surface area contributed by atoms with Gasteiger partial charge in [-0.2, -0.15) is 0 Å². The van der Waals surface area contributed by atoms with Crippen LogP contribution in [0, 0.1) is 0 Å². The Morgan fingerprint density at radius 1 is 0.882 bits per heavy atom. The van der Waals surface area contributed by atoms with Gasteiger partial charge in [-0.05, 0) is 60.2 Å². The molecule has 4 rings (SSSR count). The molecule has 34 heavy (non-hydrogen) atoms. The quantitative estimate of drug-likeness (QED) is 0.283. The van der Waals surface area contributed by atoms with E-state index in [9.17, 15) is 13.2 Å². The summed E-state index contributed by atoms with van der Waals surface area (Å²) >= 11 is 11.9. The number of hydrogen-bond acceptors (Lipinski definition) is 4. The number of pyridine rings is 1. The van der Waals surface area contributed by atoms with Gasteiger partial charge in [0.1, 0.15) is 0 Å². The Morgan fingerprint density at radius 2 is 1.62 bits per heavy atom. The van der Waals surface area contributed by atoms with Gasteiger partial charge in [0, 0.05) is 34.0 Å². The number of carbonyl (C=O) groups excluding carboxylic acids is 1. The van der Waals surface area contributed by atoms with Crippen LogP contribution in [0.3, 0.4) is 0 Å². The molecule has 0 saturated heterocycles. The van der Waals surface area contributed by atoms with Crippen LogP contribution < -0.4 is 4.72 Å². The van der Waals surface area contributed by atoms with Crippen molar-refractivity contribution in [3.05, 3.63) is 106 Å². The Balaban J connectivity index is 1.39. The summed E-state index contributed by atoms with van der Waals surface area (Å²) in [6.45, 7) is -0.00652. The van der Waals surface area contributed by atoms with Crippen molar-refractivity contribution in [1.82, 2.24) is 9.71 Å². The van der Waals surface area contributed by atoms with E-state index in [0.29, 0.717) is 15.6 Å². The Labute approximate surface area is 208 Å². The standard InChI is InChI=1S/C26H20Cl2N2O3S/c27-21-8-12-24(13-9-21)34(32,33)29-15-14-26(31)20-3-1-2-18(16-20)4-10-23-11-6-19-5-7-22(28)17-25(19)30-23/h1-13,16-17,29H,14-15H2/b10-4+. The van der Waals surface area contributed by atoms with Crippen LogP contribution in [-0.4, -0.2) is 25.7 Å². The van der Waals surface area contributed by atoms with Crippen molar-refractivity contribution in [3.8, 4) is 0 Å². The summed E-state index contributed by atoms with van der Waals surface area (Å²) in [5, 5.41) is 2.08. The summed E-state index contributed by atoms with van der Waals surface area (Å²) in [6, 6.07) is 22.4. The molecule has 0 aliphatic rings. The minimum Gasteiger partial charge on any atom is -0.294 e. The minimum atomic E-state index is -3.71. The average molecular weight is 511 g/mol. The van der Waals surface area contributed by atoms with Crippen LogP contribution in [0.4, 0.5) is 0 Å². The van der Waals surface area contributed by atoms with E-state index in [1.165, 1.54) is 24.3 Å². The second-order valence-electron chi connectivity index (χ2n) is 7.56. The molecule has 0 aliphatic carbocycles. The molecule has 0 bridgehead atoms. The van der Waals surface area contributed by atoms with Crippen molar-refractivity contribution in [2.24, 2.45) is 0 Å². The molecule has 0 aliphatic heterocycles. The van der Waals surface area contributed by atoms with E-state index in [0.717, 1.165) is 22.2 Å². The lowest BCUT2D eigenvalue weighted by molar-refractivity contribution is 0.0984. The molecule has 4 aromatic rings. The largest absolute Gasteiger partial charge is 0.294 e. The predicted octanol–water partition coefficient (Wildman–Crippen LogP) is 6.26. The highest BCUT2D eigenvalue weighted by Gasteiger charge is 2.14. The zero-order valence-corrected chi connectivity index (χ0v) is 20.2. The number of halogens is 2. The third-order valence-electron chi connectivity index (χ3n) is 5.10. The molecule has 0 unspecified atom stereocenters. The predicted molar refractivity (Wildman–Crippen MR) is 138 cm³/mol. The molecule has 0 atom stereocenters. The molecule has 0 amide bonds. The summed E-state index contributed by atoms with van der Waals surface area (Å²) in [4.78, 5) is 17.3. The highest BCUT2D eigenvalue weighted by molar-refractivity contribution is 7.89. The van der Waals surface area contributed by atoms with E-state index in [1.807, 2.05) is 48.6 Å². The number of sulfonamides is 1. The van der Waals surface area contributed by atoms with Gasteiger partial charge in [0.2, 0.25) is 10.0 Å². The summed E-state index contributed by atoms with van der Waals surface area (Å²) in [5.74, 6) is -0.160. The van der Waals surface area contributed by atoms with Crippen molar-refractivity contribution in [2.75, 3.05) is 6.54 Å². The maximum Gasteiger partial charge on any atom is 0.240 e. The van der Waals surface area contributed by atoms with E-state index in [4.69, 9.17) is 23.2 Å². The first-order valence-electron chi connectivity index (χ1n) is 10.4. The van der Waals surface area contributed by atoms with Crippen molar-refractivity contribution in [2.45, 2.75) is 11.3 Å². The van der Waals surface area contributed by atoms with E-state index < -0.39 is 10.0 Å². The zero-order valence-electron chi connectivity index (χ0n) is 17.9. The fourth-order valence-corrected chi connectivity index (χ4v) is 4.66. The number of benzene rings is 3. The van der Waals surface area contributed by atoms with Gasteiger partial charge in [0.15, 0.2) is 5.78 Å². The molecule has 0 fully saturated rings. The van der Waals surface area contributed by atoms with Gasteiger partial charge >= 0.3 is 0 Å². The monoisotopic (exact) mass is 510 g/mol. The number of aromatic nitrogens is 1. The second-order valence-corrected chi connectivity index (χ2v) is 10.2. The molecular weight excluding hydrogens is 491 g/mol. The molecule has 0 radical (unpaired) electrons. The van der Waals surface area contributed by atoms with Crippen LogP contribution in [0.2, 0.25) is 10.0 Å². The number of ketones is 1. The number of nitrogens with one attached hydrogen (secondary N) is 1. The number of carbonyl (C=O) groups is 1. The fourth-order valence-electron chi connectivity index (χ4n) is 3.34. The molecule has 172 valence electrons. The third kappa shape index (κ3) is 6.10. The van der Waals surface area contributed by atoms with Gasteiger partial charge in [0.05, 0.1) is 16.1 Å². The summed E-state index contributed by atoms with van der Waals surface area (Å²) in [7, 11) is -3.71. The highest BCUT2D eigenvalue weighted by Crippen LogP contribution is 2.19.